The van der Waals surface area contributed by atoms with Crippen LogP contribution in [0.1, 0.15) is 44.1 Å². The van der Waals surface area contributed by atoms with Gasteiger partial charge < -0.3 is 24.8 Å². The Morgan fingerprint density at radius 3 is 2.70 bits per heavy atom. The third kappa shape index (κ3) is 5.05. The molecule has 1 saturated heterocycles. The van der Waals surface area contributed by atoms with Crippen LogP contribution in [0.25, 0.3) is 0 Å². The maximum Gasteiger partial charge on any atom is 0.317 e. The van der Waals surface area contributed by atoms with Crippen LogP contribution >= 0.6 is 0 Å². The number of hydrogen-bond donors (Lipinski definition) is 2. The van der Waals surface area contributed by atoms with Crippen LogP contribution in [0.5, 0.6) is 11.5 Å². The zero-order valence-electron chi connectivity index (χ0n) is 15.8. The fourth-order valence-electron chi connectivity index (χ4n) is 3.75. The molecular weight excluding hydrogens is 348 g/mol. The van der Waals surface area contributed by atoms with Crippen LogP contribution in [0.4, 0.5) is 4.79 Å². The van der Waals surface area contributed by atoms with E-state index in [9.17, 15) is 14.7 Å². The lowest BCUT2D eigenvalue weighted by molar-refractivity contribution is -0.143. The second-order valence-electron chi connectivity index (χ2n) is 7.28. The van der Waals surface area contributed by atoms with Crippen molar-refractivity contribution in [1.82, 2.24) is 10.2 Å². The summed E-state index contributed by atoms with van der Waals surface area (Å²) in [6.45, 7) is 1.18. The van der Waals surface area contributed by atoms with E-state index in [-0.39, 0.29) is 18.7 Å². The Morgan fingerprint density at radius 1 is 1.22 bits per heavy atom. The van der Waals surface area contributed by atoms with Gasteiger partial charge in [-0.25, -0.2) is 4.79 Å². The van der Waals surface area contributed by atoms with Crippen molar-refractivity contribution in [2.24, 2.45) is 5.92 Å². The minimum absolute atomic E-state index is 0.213. The number of aliphatic carboxylic acids is 1. The van der Waals surface area contributed by atoms with Gasteiger partial charge in [-0.1, -0.05) is 0 Å². The highest BCUT2D eigenvalue weighted by Crippen LogP contribution is 2.30. The summed E-state index contributed by atoms with van der Waals surface area (Å²) in [7, 11) is 1.62. The molecule has 2 fully saturated rings. The van der Waals surface area contributed by atoms with Gasteiger partial charge in [0, 0.05) is 31.3 Å². The molecule has 0 spiro atoms. The number of rotatable bonds is 6. The number of nitrogens with zero attached hydrogens (tertiary/aromatic N) is 1. The summed E-state index contributed by atoms with van der Waals surface area (Å²) in [6.07, 6.45) is 6.01. The zero-order valence-corrected chi connectivity index (χ0v) is 15.8. The molecule has 1 aromatic carbocycles. The summed E-state index contributed by atoms with van der Waals surface area (Å²) >= 11 is 0. The second-order valence-corrected chi connectivity index (χ2v) is 7.28. The van der Waals surface area contributed by atoms with Crippen LogP contribution in [0.3, 0.4) is 0 Å². The van der Waals surface area contributed by atoms with E-state index in [0.717, 1.165) is 29.9 Å². The van der Waals surface area contributed by atoms with Crippen molar-refractivity contribution in [3.8, 4) is 11.5 Å². The molecule has 1 heterocycles. The first-order valence-electron chi connectivity index (χ1n) is 9.66. The number of amides is 2. The molecule has 3 rings (SSSR count). The average molecular weight is 376 g/mol. The van der Waals surface area contributed by atoms with Crippen molar-refractivity contribution >= 4 is 12.0 Å². The van der Waals surface area contributed by atoms with E-state index in [1.807, 2.05) is 18.2 Å². The minimum Gasteiger partial charge on any atom is -0.497 e. The Morgan fingerprint density at radius 2 is 2.00 bits per heavy atom. The summed E-state index contributed by atoms with van der Waals surface area (Å²) in [5.41, 5.74) is 0.892. The predicted molar refractivity (Wildman–Crippen MR) is 100 cm³/mol. The van der Waals surface area contributed by atoms with Crippen LogP contribution < -0.4 is 14.8 Å². The van der Waals surface area contributed by atoms with Gasteiger partial charge in [0.15, 0.2) is 0 Å². The van der Waals surface area contributed by atoms with Gasteiger partial charge >= 0.3 is 12.0 Å². The van der Waals surface area contributed by atoms with E-state index < -0.39 is 11.9 Å². The lowest BCUT2D eigenvalue weighted by Gasteiger charge is -2.30. The third-order valence-electron chi connectivity index (χ3n) is 5.36. The number of carbonyl (C=O) groups is 2. The first kappa shape index (κ1) is 19.3. The Labute approximate surface area is 159 Å². The number of ether oxygens (including phenoxy) is 2. The molecule has 0 bridgehead atoms. The number of benzene rings is 1. The minimum atomic E-state index is -0.838. The standard InChI is InChI=1S/C20H28N2O5/c1-26-17-9-8-14(18(11-17)27-16-6-2-3-7-16)12-21-20(25)22-10-4-5-15(13-22)19(23)24/h8-9,11,15-16H,2-7,10,12-13H2,1H3,(H,21,25)(H,23,24). The number of methoxy groups -OCH3 is 1. The van der Waals surface area contributed by atoms with Gasteiger partial charge in [-0.2, -0.15) is 0 Å². The third-order valence-corrected chi connectivity index (χ3v) is 5.36. The molecule has 2 amide bonds. The molecule has 7 nitrogen and oxygen atoms in total. The zero-order chi connectivity index (χ0) is 19.2. The SMILES string of the molecule is COc1ccc(CNC(=O)N2CCCC(C(=O)O)C2)c(OC2CCCC2)c1. The van der Waals surface area contributed by atoms with Crippen LogP contribution in [0.2, 0.25) is 0 Å². The highest BCUT2D eigenvalue weighted by Gasteiger charge is 2.28. The van der Waals surface area contributed by atoms with Crippen molar-refractivity contribution in [2.75, 3.05) is 20.2 Å². The van der Waals surface area contributed by atoms with Crippen LogP contribution in [-0.2, 0) is 11.3 Å². The van der Waals surface area contributed by atoms with E-state index in [1.54, 1.807) is 12.0 Å². The van der Waals surface area contributed by atoms with Crippen LogP contribution in [0, 0.1) is 5.92 Å². The maximum atomic E-state index is 12.5. The monoisotopic (exact) mass is 376 g/mol. The average Bonchev–Trinajstić information content (AvgIpc) is 3.19. The van der Waals surface area contributed by atoms with Gasteiger partial charge in [0.25, 0.3) is 0 Å². The van der Waals surface area contributed by atoms with Crippen molar-refractivity contribution in [2.45, 2.75) is 51.2 Å². The number of urea groups is 1. The van der Waals surface area contributed by atoms with Crippen molar-refractivity contribution < 1.29 is 24.2 Å². The van der Waals surface area contributed by atoms with Crippen LogP contribution in [-0.4, -0.2) is 48.3 Å². The van der Waals surface area contributed by atoms with Crippen molar-refractivity contribution in [3.63, 3.8) is 0 Å². The number of likely N-dealkylation sites (tertiary alicyclic amines) is 1. The summed E-state index contributed by atoms with van der Waals surface area (Å²) < 4.78 is 11.5. The van der Waals surface area contributed by atoms with Crippen molar-refractivity contribution in [3.05, 3.63) is 23.8 Å². The summed E-state index contributed by atoms with van der Waals surface area (Å²) in [6, 6.07) is 5.38. The summed E-state index contributed by atoms with van der Waals surface area (Å²) in [5.74, 6) is 0.142. The van der Waals surface area contributed by atoms with Gasteiger partial charge in [-0.05, 0) is 50.7 Å². The Kier molecular flexibility index (Phi) is 6.42. The highest BCUT2D eigenvalue weighted by atomic mass is 16.5. The van der Waals surface area contributed by atoms with Gasteiger partial charge in [0.05, 0.1) is 19.1 Å². The number of carboxylic acids is 1. The molecule has 0 aromatic heterocycles. The fourth-order valence-corrected chi connectivity index (χ4v) is 3.75. The molecular formula is C20H28N2O5. The first-order chi connectivity index (χ1) is 13.1. The molecule has 2 N–H and O–H groups in total. The molecule has 1 unspecified atom stereocenters. The topological polar surface area (TPSA) is 88.1 Å². The van der Waals surface area contributed by atoms with E-state index in [0.29, 0.717) is 25.9 Å². The number of carbonyl (C=O) groups excluding carboxylic acids is 1. The quantitative estimate of drug-likeness (QED) is 0.797. The smallest absolute Gasteiger partial charge is 0.317 e. The van der Waals surface area contributed by atoms with E-state index >= 15 is 0 Å². The van der Waals surface area contributed by atoms with E-state index in [2.05, 4.69) is 5.32 Å². The first-order valence-corrected chi connectivity index (χ1v) is 9.66. The molecule has 7 heteroatoms. The highest BCUT2D eigenvalue weighted by molar-refractivity contribution is 5.76. The maximum absolute atomic E-state index is 12.5. The van der Waals surface area contributed by atoms with Crippen LogP contribution in [0.15, 0.2) is 18.2 Å². The molecule has 1 atom stereocenters. The second kappa shape index (κ2) is 8.97. The molecule has 1 aromatic rings. The van der Waals surface area contributed by atoms with Gasteiger partial charge in [0.1, 0.15) is 11.5 Å². The predicted octanol–water partition coefficient (Wildman–Crippen LogP) is 3.02. The summed E-state index contributed by atoms with van der Waals surface area (Å²) in [5, 5.41) is 12.1. The lowest BCUT2D eigenvalue weighted by Crippen LogP contribution is -2.46. The fraction of sp³-hybridized carbons (Fsp3) is 0.600. The molecule has 148 valence electrons. The molecule has 1 saturated carbocycles. The van der Waals surface area contributed by atoms with Gasteiger partial charge in [-0.3, -0.25) is 4.79 Å². The number of nitrogens with one attached hydrogen (secondary N) is 1. The Hall–Kier alpha value is -2.44. The number of carboxylic acid groups (broad SMARTS) is 1. The largest absolute Gasteiger partial charge is 0.497 e. The molecule has 1 aliphatic heterocycles. The Balaban J connectivity index is 1.62. The van der Waals surface area contributed by atoms with E-state index in [4.69, 9.17) is 9.47 Å². The molecule has 27 heavy (non-hydrogen) atoms. The summed E-state index contributed by atoms with van der Waals surface area (Å²) in [4.78, 5) is 25.2. The number of piperidine rings is 1. The molecule has 0 radical (unpaired) electrons. The lowest BCUT2D eigenvalue weighted by atomic mass is 9.99. The normalized spacial score (nSPS) is 20.3. The number of hydrogen-bond acceptors (Lipinski definition) is 4. The Bertz CT molecular complexity index is 672. The van der Waals surface area contributed by atoms with Gasteiger partial charge in [0.2, 0.25) is 0 Å². The van der Waals surface area contributed by atoms with Gasteiger partial charge in [-0.15, -0.1) is 0 Å². The van der Waals surface area contributed by atoms with Crippen molar-refractivity contribution in [1.29, 1.82) is 0 Å². The molecule has 2 aliphatic rings. The van der Waals surface area contributed by atoms with E-state index in [1.165, 1.54) is 12.8 Å². The molecule has 1 aliphatic carbocycles.